The zero-order chi connectivity index (χ0) is 15.9. The smallest absolute Gasteiger partial charge is 0.301 e. The number of fused-ring (bicyclic) bond motifs is 1. The van der Waals surface area contributed by atoms with E-state index in [2.05, 4.69) is 25.9 Å². The van der Waals surface area contributed by atoms with Gasteiger partial charge in [-0.25, -0.2) is 9.37 Å². The van der Waals surface area contributed by atoms with Gasteiger partial charge in [-0.1, -0.05) is 28.1 Å². The number of nitro benzene ring substituents is 1. The summed E-state index contributed by atoms with van der Waals surface area (Å²) in [7, 11) is 0. The number of rotatable bonds is 3. The first-order valence-electron chi connectivity index (χ1n) is 6.52. The third-order valence-electron chi connectivity index (χ3n) is 3.37. The van der Waals surface area contributed by atoms with Crippen molar-refractivity contribution in [3.8, 4) is 0 Å². The molecule has 1 N–H and O–H groups in total. The van der Waals surface area contributed by atoms with Crippen molar-refractivity contribution >= 4 is 32.7 Å². The molecule has 0 aliphatic heterocycles. The summed E-state index contributed by atoms with van der Waals surface area (Å²) in [6, 6.07) is 7.79. The summed E-state index contributed by atoms with van der Waals surface area (Å²) >= 11 is 3.38. The summed E-state index contributed by atoms with van der Waals surface area (Å²) in [5.41, 5.74) is 2.00. The molecule has 3 aromatic rings. The molecule has 112 valence electrons. The summed E-state index contributed by atoms with van der Waals surface area (Å²) in [5, 5.41) is 11.5. The molecule has 3 rings (SSSR count). The predicted octanol–water partition coefficient (Wildman–Crippen LogP) is 4.27. The van der Waals surface area contributed by atoms with Gasteiger partial charge in [0.25, 0.3) is 0 Å². The van der Waals surface area contributed by atoms with Gasteiger partial charge in [-0.05, 0) is 30.7 Å². The molecule has 0 bridgehead atoms. The Morgan fingerprint density at radius 2 is 2.18 bits per heavy atom. The van der Waals surface area contributed by atoms with Crippen LogP contribution in [0.15, 0.2) is 34.8 Å². The van der Waals surface area contributed by atoms with Crippen molar-refractivity contribution in [3.63, 3.8) is 0 Å². The van der Waals surface area contributed by atoms with Crippen LogP contribution in [0.2, 0.25) is 0 Å². The summed E-state index contributed by atoms with van der Waals surface area (Å²) in [4.78, 5) is 18.3. The molecule has 0 spiro atoms. The molecule has 0 fully saturated rings. The Labute approximate surface area is 133 Å². The number of aromatic amines is 1. The highest BCUT2D eigenvalue weighted by Crippen LogP contribution is 2.35. The van der Waals surface area contributed by atoms with E-state index >= 15 is 0 Å². The number of halogens is 2. The summed E-state index contributed by atoms with van der Waals surface area (Å²) < 4.78 is 13.9. The molecule has 1 aromatic heterocycles. The first-order valence-corrected chi connectivity index (χ1v) is 7.31. The van der Waals surface area contributed by atoms with Crippen LogP contribution in [0, 0.1) is 22.9 Å². The van der Waals surface area contributed by atoms with Crippen LogP contribution < -0.4 is 0 Å². The van der Waals surface area contributed by atoms with Gasteiger partial charge in [-0.2, -0.15) is 0 Å². The Morgan fingerprint density at radius 1 is 1.41 bits per heavy atom. The molecule has 0 amide bonds. The molecule has 0 saturated carbocycles. The standard InChI is InChI=1S/C15H11BrFN3O2/c1-8-18-13-7-12(16)11(15(20(21)22)14(13)19-8)6-9-3-2-4-10(17)5-9/h2-5,7H,6H2,1H3,(H,18,19). The molecule has 0 aliphatic rings. The third kappa shape index (κ3) is 2.59. The van der Waals surface area contributed by atoms with E-state index in [0.717, 1.165) is 0 Å². The van der Waals surface area contributed by atoms with Crippen molar-refractivity contribution in [3.05, 3.63) is 67.7 Å². The van der Waals surface area contributed by atoms with Crippen LogP contribution >= 0.6 is 15.9 Å². The number of H-pyrrole nitrogens is 1. The monoisotopic (exact) mass is 363 g/mol. The van der Waals surface area contributed by atoms with E-state index in [-0.39, 0.29) is 17.9 Å². The number of nitro groups is 1. The lowest BCUT2D eigenvalue weighted by molar-refractivity contribution is -0.383. The summed E-state index contributed by atoms with van der Waals surface area (Å²) in [6.45, 7) is 1.74. The minimum absolute atomic E-state index is 0.0574. The van der Waals surface area contributed by atoms with Crippen LogP contribution in [0.1, 0.15) is 17.0 Å². The number of aryl methyl sites for hydroxylation is 1. The van der Waals surface area contributed by atoms with Gasteiger partial charge in [0.05, 0.1) is 16.0 Å². The van der Waals surface area contributed by atoms with Crippen molar-refractivity contribution in [1.82, 2.24) is 9.97 Å². The van der Waals surface area contributed by atoms with Crippen LogP contribution in [0.4, 0.5) is 10.1 Å². The van der Waals surface area contributed by atoms with Gasteiger partial charge in [-0.15, -0.1) is 0 Å². The molecule has 0 atom stereocenters. The van der Waals surface area contributed by atoms with Gasteiger partial charge in [0.2, 0.25) is 0 Å². The molecule has 7 heteroatoms. The van der Waals surface area contributed by atoms with E-state index in [9.17, 15) is 14.5 Å². The van der Waals surface area contributed by atoms with Crippen molar-refractivity contribution in [2.24, 2.45) is 0 Å². The van der Waals surface area contributed by atoms with Crippen molar-refractivity contribution < 1.29 is 9.31 Å². The molecule has 0 radical (unpaired) electrons. The van der Waals surface area contributed by atoms with Crippen LogP contribution in [-0.4, -0.2) is 14.9 Å². The van der Waals surface area contributed by atoms with E-state index < -0.39 is 4.92 Å². The van der Waals surface area contributed by atoms with E-state index in [4.69, 9.17) is 0 Å². The average Bonchev–Trinajstić information content (AvgIpc) is 2.78. The lowest BCUT2D eigenvalue weighted by Gasteiger charge is -2.07. The van der Waals surface area contributed by atoms with Gasteiger partial charge in [-0.3, -0.25) is 10.1 Å². The Bertz CT molecular complexity index is 892. The van der Waals surface area contributed by atoms with Crippen LogP contribution in [0.25, 0.3) is 11.0 Å². The van der Waals surface area contributed by atoms with Crippen LogP contribution in [0.3, 0.4) is 0 Å². The normalized spacial score (nSPS) is 11.0. The maximum Gasteiger partial charge on any atom is 0.301 e. The molecule has 2 aromatic carbocycles. The highest BCUT2D eigenvalue weighted by Gasteiger charge is 2.24. The maximum absolute atomic E-state index is 13.3. The molecule has 0 aliphatic carbocycles. The average molecular weight is 364 g/mol. The first-order chi connectivity index (χ1) is 10.5. The highest BCUT2D eigenvalue weighted by atomic mass is 79.9. The minimum Gasteiger partial charge on any atom is -0.342 e. The number of hydrogen-bond acceptors (Lipinski definition) is 3. The molecule has 22 heavy (non-hydrogen) atoms. The Balaban J connectivity index is 2.21. The number of hydrogen-bond donors (Lipinski definition) is 1. The zero-order valence-electron chi connectivity index (χ0n) is 11.6. The number of benzene rings is 2. The Morgan fingerprint density at radius 3 is 2.86 bits per heavy atom. The fraction of sp³-hybridized carbons (Fsp3) is 0.133. The molecule has 1 heterocycles. The second kappa shape index (κ2) is 5.49. The van der Waals surface area contributed by atoms with E-state index in [1.54, 1.807) is 25.1 Å². The molecule has 0 saturated heterocycles. The van der Waals surface area contributed by atoms with E-state index in [0.29, 0.717) is 32.5 Å². The maximum atomic E-state index is 13.3. The number of nitrogens with zero attached hydrogens (tertiary/aromatic N) is 2. The summed E-state index contributed by atoms with van der Waals surface area (Å²) in [5.74, 6) is 0.237. The molecule has 5 nitrogen and oxygen atoms in total. The molecule has 0 unspecified atom stereocenters. The van der Waals surface area contributed by atoms with Crippen molar-refractivity contribution in [2.75, 3.05) is 0 Å². The van der Waals surface area contributed by atoms with Crippen molar-refractivity contribution in [2.45, 2.75) is 13.3 Å². The second-order valence-electron chi connectivity index (χ2n) is 4.97. The van der Waals surface area contributed by atoms with E-state index in [1.165, 1.54) is 12.1 Å². The van der Waals surface area contributed by atoms with Crippen molar-refractivity contribution in [1.29, 1.82) is 0 Å². The fourth-order valence-corrected chi connectivity index (χ4v) is 3.04. The third-order valence-corrected chi connectivity index (χ3v) is 4.08. The molecular weight excluding hydrogens is 353 g/mol. The quantitative estimate of drug-likeness (QED) is 0.557. The van der Waals surface area contributed by atoms with Gasteiger partial charge < -0.3 is 4.98 Å². The largest absolute Gasteiger partial charge is 0.342 e. The number of nitrogens with one attached hydrogen (secondary N) is 1. The number of imidazole rings is 1. The Kier molecular flexibility index (Phi) is 3.66. The second-order valence-corrected chi connectivity index (χ2v) is 5.82. The topological polar surface area (TPSA) is 71.8 Å². The first kappa shape index (κ1) is 14.6. The summed E-state index contributed by atoms with van der Waals surface area (Å²) in [6.07, 6.45) is 0.247. The minimum atomic E-state index is -0.442. The van der Waals surface area contributed by atoms with Gasteiger partial charge >= 0.3 is 5.69 Å². The van der Waals surface area contributed by atoms with E-state index in [1.807, 2.05) is 0 Å². The van der Waals surface area contributed by atoms with Crippen LogP contribution in [0.5, 0.6) is 0 Å². The predicted molar refractivity (Wildman–Crippen MR) is 84.4 cm³/mol. The lowest BCUT2D eigenvalue weighted by Crippen LogP contribution is -2.00. The lowest BCUT2D eigenvalue weighted by atomic mass is 10.0. The Hall–Kier alpha value is -2.28. The van der Waals surface area contributed by atoms with Gasteiger partial charge in [0.1, 0.15) is 11.6 Å². The fourth-order valence-electron chi connectivity index (χ4n) is 2.48. The SMILES string of the molecule is Cc1nc2c([N+](=O)[O-])c(Cc3cccc(F)c3)c(Br)cc2[nH]1. The van der Waals surface area contributed by atoms with Gasteiger partial charge in [0.15, 0.2) is 5.52 Å². The molecular formula is C15H11BrFN3O2. The highest BCUT2D eigenvalue weighted by molar-refractivity contribution is 9.10. The zero-order valence-corrected chi connectivity index (χ0v) is 13.1. The van der Waals surface area contributed by atoms with Crippen LogP contribution in [-0.2, 0) is 6.42 Å². The number of aromatic nitrogens is 2. The van der Waals surface area contributed by atoms with Gasteiger partial charge in [0, 0.05) is 10.9 Å².